The predicted octanol–water partition coefficient (Wildman–Crippen LogP) is 2.48. The van der Waals surface area contributed by atoms with Gasteiger partial charge in [-0.2, -0.15) is 0 Å². The Balaban J connectivity index is 2.66. The van der Waals surface area contributed by atoms with Gasteiger partial charge in [-0.05, 0) is 26.8 Å². The van der Waals surface area contributed by atoms with E-state index in [1.807, 2.05) is 0 Å². The Morgan fingerprint density at radius 3 is 2.44 bits per heavy atom. The van der Waals surface area contributed by atoms with Crippen molar-refractivity contribution in [3.63, 3.8) is 0 Å². The lowest BCUT2D eigenvalue weighted by Gasteiger charge is -2.19. The molecule has 0 saturated carbocycles. The van der Waals surface area contributed by atoms with Crippen molar-refractivity contribution in [1.82, 2.24) is 5.32 Å². The number of nitro groups is 1. The van der Waals surface area contributed by atoms with E-state index in [1.165, 1.54) is 18.2 Å². The molecule has 0 aromatic heterocycles. The van der Waals surface area contributed by atoms with Crippen LogP contribution in [0.25, 0.3) is 0 Å². The molecule has 0 aliphatic rings. The zero-order valence-corrected chi connectivity index (χ0v) is 15.0. The minimum Gasteiger partial charge on any atom is -0.444 e. The summed E-state index contributed by atoms with van der Waals surface area (Å²) in [4.78, 5) is 35.4. The number of alkyl carbamates (subject to hydrolysis) is 1. The zero-order chi connectivity index (χ0) is 19.2. The van der Waals surface area contributed by atoms with Gasteiger partial charge in [0.25, 0.3) is 5.69 Å². The second-order valence-corrected chi connectivity index (χ2v) is 6.46. The van der Waals surface area contributed by atoms with Gasteiger partial charge >= 0.3 is 12.1 Å². The summed E-state index contributed by atoms with van der Waals surface area (Å²) in [6.45, 7) is 5.21. The molecule has 0 heterocycles. The van der Waals surface area contributed by atoms with E-state index in [2.05, 4.69) is 5.32 Å². The molecule has 0 saturated heterocycles. The minimum atomic E-state index is -0.635. The van der Waals surface area contributed by atoms with Crippen molar-refractivity contribution >= 4 is 23.4 Å². The summed E-state index contributed by atoms with van der Waals surface area (Å²) in [5.74, 6) is -0.541. The molecule has 0 fully saturated rings. The van der Waals surface area contributed by atoms with Gasteiger partial charge in [-0.15, -0.1) is 0 Å². The van der Waals surface area contributed by atoms with Crippen LogP contribution in [-0.4, -0.2) is 43.2 Å². The van der Waals surface area contributed by atoms with Gasteiger partial charge in [0.2, 0.25) is 0 Å². The van der Waals surface area contributed by atoms with Crippen molar-refractivity contribution in [2.24, 2.45) is 0 Å². The normalized spacial score (nSPS) is 10.8. The molecule has 138 valence electrons. The number of rotatable bonds is 6. The molecule has 0 aliphatic heterocycles. The molecule has 25 heavy (non-hydrogen) atoms. The molecule has 1 aromatic rings. The zero-order valence-electron chi connectivity index (χ0n) is 15.0. The van der Waals surface area contributed by atoms with Gasteiger partial charge in [-0.1, -0.05) is 0 Å². The van der Waals surface area contributed by atoms with Crippen LogP contribution in [0.5, 0.6) is 5.75 Å². The quantitative estimate of drug-likeness (QED) is 0.362. The molecule has 1 N–H and O–H groups in total. The topological polar surface area (TPSA) is 111 Å². The fourth-order valence-corrected chi connectivity index (χ4v) is 1.82. The van der Waals surface area contributed by atoms with Crippen LogP contribution >= 0.6 is 0 Å². The van der Waals surface area contributed by atoms with E-state index in [0.717, 1.165) is 0 Å². The van der Waals surface area contributed by atoms with Gasteiger partial charge in [0.1, 0.15) is 5.60 Å². The molecular weight excluding hydrogens is 330 g/mol. The number of esters is 1. The fraction of sp³-hybridized carbons (Fsp3) is 0.500. The van der Waals surface area contributed by atoms with E-state index in [-0.39, 0.29) is 24.4 Å². The van der Waals surface area contributed by atoms with Gasteiger partial charge in [0, 0.05) is 26.7 Å². The summed E-state index contributed by atoms with van der Waals surface area (Å²) in [7, 11) is 3.45. The average molecular weight is 353 g/mol. The molecule has 0 aliphatic carbocycles. The third kappa shape index (κ3) is 7.06. The Hall–Kier alpha value is -2.84. The second-order valence-electron chi connectivity index (χ2n) is 6.46. The van der Waals surface area contributed by atoms with E-state index in [9.17, 15) is 19.7 Å². The molecule has 1 rings (SSSR count). The minimum absolute atomic E-state index is 0.0277. The van der Waals surface area contributed by atoms with Crippen molar-refractivity contribution in [3.05, 3.63) is 28.3 Å². The molecule has 0 unspecified atom stereocenters. The Bertz CT molecular complexity index is 652. The van der Waals surface area contributed by atoms with Crippen LogP contribution in [0.15, 0.2) is 18.2 Å². The highest BCUT2D eigenvalue weighted by Gasteiger charge is 2.18. The maximum Gasteiger partial charge on any atom is 0.407 e. The lowest BCUT2D eigenvalue weighted by Crippen LogP contribution is -2.34. The van der Waals surface area contributed by atoms with E-state index in [1.54, 1.807) is 39.8 Å². The summed E-state index contributed by atoms with van der Waals surface area (Å²) >= 11 is 0. The van der Waals surface area contributed by atoms with Crippen molar-refractivity contribution in [3.8, 4) is 5.75 Å². The number of nitro benzene ring substituents is 1. The molecular formula is C16H23N3O6. The smallest absolute Gasteiger partial charge is 0.407 e. The molecule has 1 amide bonds. The Morgan fingerprint density at radius 2 is 1.92 bits per heavy atom. The second kappa shape index (κ2) is 8.32. The average Bonchev–Trinajstić information content (AvgIpc) is 2.44. The van der Waals surface area contributed by atoms with E-state index < -0.39 is 22.6 Å². The number of non-ortho nitro benzene ring substituents is 1. The first-order valence-corrected chi connectivity index (χ1v) is 7.63. The van der Waals surface area contributed by atoms with Crippen LogP contribution in [-0.2, 0) is 9.53 Å². The van der Waals surface area contributed by atoms with Crippen molar-refractivity contribution < 1.29 is 24.0 Å². The van der Waals surface area contributed by atoms with Gasteiger partial charge in [0.15, 0.2) is 5.75 Å². The number of ether oxygens (including phenoxy) is 2. The summed E-state index contributed by atoms with van der Waals surface area (Å²) in [5, 5.41) is 13.3. The van der Waals surface area contributed by atoms with Crippen molar-refractivity contribution in [2.45, 2.75) is 32.8 Å². The standard InChI is InChI=1S/C16H23N3O6/c1-16(2,3)25-15(21)17-9-8-14(20)24-13-10-11(19(22)23)6-7-12(13)18(4)5/h6-7,10H,8-9H2,1-5H3,(H,17,21). The number of anilines is 1. The Morgan fingerprint density at radius 1 is 1.28 bits per heavy atom. The third-order valence-corrected chi connectivity index (χ3v) is 2.86. The molecule has 9 nitrogen and oxygen atoms in total. The number of benzene rings is 1. The van der Waals surface area contributed by atoms with Crippen LogP contribution in [0.2, 0.25) is 0 Å². The highest BCUT2D eigenvalue weighted by Crippen LogP contribution is 2.31. The van der Waals surface area contributed by atoms with Crippen molar-refractivity contribution in [1.29, 1.82) is 0 Å². The van der Waals surface area contributed by atoms with Crippen LogP contribution in [0.4, 0.5) is 16.2 Å². The summed E-state index contributed by atoms with van der Waals surface area (Å²) < 4.78 is 10.2. The van der Waals surface area contributed by atoms with Gasteiger partial charge in [-0.25, -0.2) is 4.79 Å². The predicted molar refractivity (Wildman–Crippen MR) is 91.9 cm³/mol. The largest absolute Gasteiger partial charge is 0.444 e. The number of nitrogens with zero attached hydrogens (tertiary/aromatic N) is 2. The number of amides is 1. The van der Waals surface area contributed by atoms with Crippen LogP contribution in [0.1, 0.15) is 27.2 Å². The number of carbonyl (C=O) groups is 2. The molecule has 9 heteroatoms. The first-order chi connectivity index (χ1) is 11.5. The van der Waals surface area contributed by atoms with E-state index in [0.29, 0.717) is 5.69 Å². The molecule has 1 aromatic carbocycles. The summed E-state index contributed by atoms with van der Waals surface area (Å²) in [5.41, 5.74) is -0.284. The highest BCUT2D eigenvalue weighted by molar-refractivity contribution is 5.77. The summed E-state index contributed by atoms with van der Waals surface area (Å²) in [6, 6.07) is 4.02. The van der Waals surface area contributed by atoms with Crippen molar-refractivity contribution in [2.75, 3.05) is 25.5 Å². The third-order valence-electron chi connectivity index (χ3n) is 2.86. The lowest BCUT2D eigenvalue weighted by molar-refractivity contribution is -0.384. The number of carbonyl (C=O) groups excluding carboxylic acids is 2. The highest BCUT2D eigenvalue weighted by atomic mass is 16.6. The molecule has 0 atom stereocenters. The maximum atomic E-state index is 11.9. The van der Waals surface area contributed by atoms with E-state index >= 15 is 0 Å². The van der Waals surface area contributed by atoms with Gasteiger partial charge in [0.05, 0.1) is 23.1 Å². The molecule has 0 spiro atoms. The number of nitrogens with one attached hydrogen (secondary N) is 1. The SMILES string of the molecule is CN(C)c1ccc([N+](=O)[O-])cc1OC(=O)CCNC(=O)OC(C)(C)C. The first-order valence-electron chi connectivity index (χ1n) is 7.63. The summed E-state index contributed by atoms with van der Waals surface area (Å²) in [6.07, 6.45) is -0.737. The Kier molecular flexibility index (Phi) is 6.72. The van der Waals surface area contributed by atoms with Gasteiger partial charge < -0.3 is 19.7 Å². The van der Waals surface area contributed by atoms with Crippen LogP contribution < -0.4 is 15.0 Å². The van der Waals surface area contributed by atoms with E-state index in [4.69, 9.17) is 9.47 Å². The van der Waals surface area contributed by atoms with Crippen LogP contribution in [0, 0.1) is 10.1 Å². The number of hydrogen-bond donors (Lipinski definition) is 1. The molecule has 0 bridgehead atoms. The Labute approximate surface area is 146 Å². The van der Waals surface area contributed by atoms with Gasteiger partial charge in [-0.3, -0.25) is 14.9 Å². The molecule has 0 radical (unpaired) electrons. The fourth-order valence-electron chi connectivity index (χ4n) is 1.82. The number of hydrogen-bond acceptors (Lipinski definition) is 7. The monoisotopic (exact) mass is 353 g/mol. The maximum absolute atomic E-state index is 11.9. The van der Waals surface area contributed by atoms with Crippen LogP contribution in [0.3, 0.4) is 0 Å². The first kappa shape index (κ1) is 20.2. The lowest BCUT2D eigenvalue weighted by atomic mass is 10.2.